The third-order valence-electron chi connectivity index (χ3n) is 3.52. The molecule has 0 heteroatoms. The zero-order valence-corrected chi connectivity index (χ0v) is 14.3. The van der Waals surface area contributed by atoms with Crippen molar-refractivity contribution in [3.05, 3.63) is 65.3 Å². The smallest absolute Gasteiger partial charge is 0.0238 e. The van der Waals surface area contributed by atoms with Crippen molar-refractivity contribution in [3.63, 3.8) is 0 Å². The minimum absolute atomic E-state index is 0.907. The highest BCUT2D eigenvalue weighted by Gasteiger charge is 1.98. The van der Waals surface area contributed by atoms with E-state index in [2.05, 4.69) is 68.7 Å². The minimum atomic E-state index is 0.907. The van der Waals surface area contributed by atoms with Gasteiger partial charge in [-0.15, -0.1) is 0 Å². The van der Waals surface area contributed by atoms with Gasteiger partial charge in [-0.3, -0.25) is 0 Å². The predicted octanol–water partition coefficient (Wildman–Crippen LogP) is 6.57. The maximum atomic E-state index is 3.87. The number of hydrogen-bond acceptors (Lipinski definition) is 0. The molecule has 22 heavy (non-hydrogen) atoms. The summed E-state index contributed by atoms with van der Waals surface area (Å²) in [6, 6.07) is 10.4. The van der Waals surface area contributed by atoms with Crippen LogP contribution in [0.15, 0.2) is 59.7 Å². The molecule has 0 spiro atoms. The van der Waals surface area contributed by atoms with E-state index in [0.717, 1.165) is 17.6 Å². The first-order valence-electron chi connectivity index (χ1n) is 8.24. The van der Waals surface area contributed by atoms with Gasteiger partial charge in [-0.25, -0.2) is 0 Å². The molecule has 0 atom stereocenters. The summed E-state index contributed by atoms with van der Waals surface area (Å²) in [5.74, 6) is 6.38. The fraction of sp³-hybridized carbons (Fsp3) is 0.364. The second kappa shape index (κ2) is 10.7. The second-order valence-corrected chi connectivity index (χ2v) is 5.78. The molecule has 0 unspecified atom stereocenters. The highest BCUT2D eigenvalue weighted by Crippen LogP contribution is 2.16. The Morgan fingerprint density at radius 1 is 1.05 bits per heavy atom. The lowest BCUT2D eigenvalue weighted by Gasteiger charge is -2.04. The van der Waals surface area contributed by atoms with Crippen LogP contribution in [0.4, 0.5) is 0 Å². The summed E-state index contributed by atoms with van der Waals surface area (Å²) in [5, 5.41) is 0. The number of unbranched alkanes of at least 4 members (excludes halogenated alkanes) is 3. The third-order valence-corrected chi connectivity index (χ3v) is 3.52. The highest BCUT2D eigenvalue weighted by atomic mass is 14.0. The molecule has 0 aliphatic carbocycles. The van der Waals surface area contributed by atoms with Gasteiger partial charge in [0, 0.05) is 5.57 Å². The third kappa shape index (κ3) is 7.70. The Labute approximate surface area is 136 Å². The standard InChI is InChI=1S/C22H28/c1-5-6-7-9-12-20(4)22(17-15-19(2)3)18-16-21-13-10-8-11-14-21/h8,10-11,13-14,16,18H,2,5-7,9,12H2,1,3-4H3/b18-16+,22-20-. The zero-order chi connectivity index (χ0) is 16.2. The van der Waals surface area contributed by atoms with E-state index >= 15 is 0 Å². The number of rotatable bonds is 7. The molecule has 0 bridgehead atoms. The molecular formula is C22H28. The van der Waals surface area contributed by atoms with E-state index < -0.39 is 0 Å². The lowest BCUT2D eigenvalue weighted by Crippen LogP contribution is -1.86. The molecule has 0 amide bonds. The summed E-state index contributed by atoms with van der Waals surface area (Å²) < 4.78 is 0. The molecule has 0 nitrogen and oxygen atoms in total. The van der Waals surface area contributed by atoms with Crippen molar-refractivity contribution in [1.29, 1.82) is 0 Å². The SMILES string of the molecule is C=C(C)C#CC(/C=C/c1ccccc1)=C(\C)CCCCCC. The molecule has 1 aromatic carbocycles. The largest absolute Gasteiger partial charge is 0.0877 e. The monoisotopic (exact) mass is 292 g/mol. The van der Waals surface area contributed by atoms with Crippen molar-refractivity contribution < 1.29 is 0 Å². The van der Waals surface area contributed by atoms with E-state index in [9.17, 15) is 0 Å². The zero-order valence-electron chi connectivity index (χ0n) is 14.3. The Hall–Kier alpha value is -2.00. The van der Waals surface area contributed by atoms with Gasteiger partial charge in [-0.2, -0.15) is 0 Å². The molecule has 0 fully saturated rings. The Morgan fingerprint density at radius 2 is 1.77 bits per heavy atom. The normalized spacial score (nSPS) is 11.8. The Balaban J connectivity index is 2.85. The van der Waals surface area contributed by atoms with Crippen LogP contribution in [0.3, 0.4) is 0 Å². The van der Waals surface area contributed by atoms with Gasteiger partial charge in [-0.05, 0) is 43.9 Å². The lowest BCUT2D eigenvalue weighted by atomic mass is 10.0. The molecule has 1 rings (SSSR count). The maximum absolute atomic E-state index is 3.87. The van der Waals surface area contributed by atoms with Crippen LogP contribution in [-0.2, 0) is 0 Å². The maximum Gasteiger partial charge on any atom is 0.0238 e. The Morgan fingerprint density at radius 3 is 2.41 bits per heavy atom. The molecule has 0 aromatic heterocycles. The number of benzene rings is 1. The van der Waals surface area contributed by atoms with Crippen LogP contribution in [-0.4, -0.2) is 0 Å². The molecule has 0 radical (unpaired) electrons. The minimum Gasteiger partial charge on any atom is -0.0877 e. The molecule has 0 saturated heterocycles. The van der Waals surface area contributed by atoms with Crippen LogP contribution in [0.1, 0.15) is 58.4 Å². The number of allylic oxidation sites excluding steroid dienone is 4. The van der Waals surface area contributed by atoms with Gasteiger partial charge in [-0.1, -0.05) is 86.6 Å². The summed E-state index contributed by atoms with van der Waals surface area (Å²) in [4.78, 5) is 0. The average molecular weight is 292 g/mol. The van der Waals surface area contributed by atoms with Gasteiger partial charge in [0.15, 0.2) is 0 Å². The van der Waals surface area contributed by atoms with Gasteiger partial charge >= 0.3 is 0 Å². The van der Waals surface area contributed by atoms with E-state index in [1.165, 1.54) is 36.8 Å². The van der Waals surface area contributed by atoms with Crippen molar-refractivity contribution >= 4 is 6.08 Å². The molecule has 0 heterocycles. The predicted molar refractivity (Wildman–Crippen MR) is 99.5 cm³/mol. The van der Waals surface area contributed by atoms with Gasteiger partial charge < -0.3 is 0 Å². The molecule has 0 aliphatic rings. The lowest BCUT2D eigenvalue weighted by molar-refractivity contribution is 0.663. The quantitative estimate of drug-likeness (QED) is 0.303. The summed E-state index contributed by atoms with van der Waals surface area (Å²) in [5.41, 5.74) is 4.61. The van der Waals surface area contributed by atoms with Gasteiger partial charge in [0.2, 0.25) is 0 Å². The first-order valence-corrected chi connectivity index (χ1v) is 8.24. The molecule has 116 valence electrons. The van der Waals surface area contributed by atoms with Crippen molar-refractivity contribution in [1.82, 2.24) is 0 Å². The van der Waals surface area contributed by atoms with Crippen molar-refractivity contribution in [3.8, 4) is 11.8 Å². The summed E-state index contributed by atoms with van der Waals surface area (Å²) in [6.45, 7) is 10.3. The molecule has 0 N–H and O–H groups in total. The fourth-order valence-corrected chi connectivity index (χ4v) is 2.16. The Kier molecular flexibility index (Phi) is 8.77. The van der Waals surface area contributed by atoms with E-state index in [1.54, 1.807) is 0 Å². The van der Waals surface area contributed by atoms with Crippen LogP contribution in [0.5, 0.6) is 0 Å². The topological polar surface area (TPSA) is 0 Å². The fourth-order valence-electron chi connectivity index (χ4n) is 2.16. The van der Waals surface area contributed by atoms with Gasteiger partial charge in [0.25, 0.3) is 0 Å². The van der Waals surface area contributed by atoms with E-state index in [1.807, 2.05) is 13.0 Å². The van der Waals surface area contributed by atoms with Crippen molar-refractivity contribution in [2.24, 2.45) is 0 Å². The highest BCUT2D eigenvalue weighted by molar-refractivity contribution is 5.58. The summed E-state index contributed by atoms with van der Waals surface area (Å²) in [7, 11) is 0. The van der Waals surface area contributed by atoms with E-state index in [4.69, 9.17) is 0 Å². The van der Waals surface area contributed by atoms with Crippen LogP contribution >= 0.6 is 0 Å². The van der Waals surface area contributed by atoms with Gasteiger partial charge in [0.1, 0.15) is 0 Å². The molecule has 1 aromatic rings. The van der Waals surface area contributed by atoms with Crippen LogP contribution in [0.2, 0.25) is 0 Å². The molecule has 0 aliphatic heterocycles. The first kappa shape index (κ1) is 18.1. The Bertz CT molecular complexity index is 573. The van der Waals surface area contributed by atoms with Crippen LogP contribution < -0.4 is 0 Å². The van der Waals surface area contributed by atoms with Gasteiger partial charge in [0.05, 0.1) is 0 Å². The average Bonchev–Trinajstić information content (AvgIpc) is 2.52. The van der Waals surface area contributed by atoms with E-state index in [0.29, 0.717) is 0 Å². The van der Waals surface area contributed by atoms with Crippen molar-refractivity contribution in [2.75, 3.05) is 0 Å². The molecular weight excluding hydrogens is 264 g/mol. The molecule has 0 saturated carbocycles. The van der Waals surface area contributed by atoms with Crippen molar-refractivity contribution in [2.45, 2.75) is 52.9 Å². The van der Waals surface area contributed by atoms with Crippen LogP contribution in [0, 0.1) is 11.8 Å². The summed E-state index contributed by atoms with van der Waals surface area (Å²) >= 11 is 0. The number of hydrogen-bond donors (Lipinski definition) is 0. The van der Waals surface area contributed by atoms with E-state index in [-0.39, 0.29) is 0 Å². The first-order chi connectivity index (χ1) is 10.6. The summed E-state index contributed by atoms with van der Waals surface area (Å²) in [6.07, 6.45) is 10.5. The second-order valence-electron chi connectivity index (χ2n) is 5.78. The van der Waals surface area contributed by atoms with Crippen LogP contribution in [0.25, 0.3) is 6.08 Å².